The molecule has 0 bridgehead atoms. The summed E-state index contributed by atoms with van der Waals surface area (Å²) in [6, 6.07) is 0.156. The van der Waals surface area contributed by atoms with Gasteiger partial charge in [0.1, 0.15) is 0 Å². The van der Waals surface area contributed by atoms with Crippen LogP contribution in [0.5, 0.6) is 0 Å². The molecule has 1 aromatic rings. The lowest BCUT2D eigenvalue weighted by Crippen LogP contribution is -2.18. The molecule has 0 aliphatic rings. The van der Waals surface area contributed by atoms with Gasteiger partial charge in [-0.3, -0.25) is 4.98 Å². The molecular formula is C9H13ClN2. The molecule has 0 spiro atoms. The van der Waals surface area contributed by atoms with Crippen molar-refractivity contribution >= 4 is 11.6 Å². The van der Waals surface area contributed by atoms with Crippen LogP contribution < -0.4 is 5.73 Å². The predicted octanol–water partition coefficient (Wildman–Crippen LogP) is 1.93. The zero-order valence-electron chi connectivity index (χ0n) is 7.34. The summed E-state index contributed by atoms with van der Waals surface area (Å²) in [6.45, 7) is 3.96. The second-order valence-corrected chi connectivity index (χ2v) is 3.49. The molecule has 1 heterocycles. The van der Waals surface area contributed by atoms with Crippen molar-refractivity contribution in [3.8, 4) is 0 Å². The Hall–Kier alpha value is -0.600. The summed E-state index contributed by atoms with van der Waals surface area (Å²) >= 11 is 5.89. The van der Waals surface area contributed by atoms with E-state index in [-0.39, 0.29) is 6.04 Å². The fraction of sp³-hybridized carbons (Fsp3) is 0.444. The lowest BCUT2D eigenvalue weighted by molar-refractivity contribution is 0.732. The lowest BCUT2D eigenvalue weighted by Gasteiger charge is -2.08. The number of rotatable bonds is 2. The molecule has 0 aliphatic heterocycles. The van der Waals surface area contributed by atoms with E-state index >= 15 is 0 Å². The molecule has 0 aliphatic carbocycles. The number of hydrogen-bond donors (Lipinski definition) is 1. The quantitative estimate of drug-likeness (QED) is 0.763. The molecule has 0 saturated carbocycles. The van der Waals surface area contributed by atoms with Crippen LogP contribution in [0.4, 0.5) is 0 Å². The summed E-state index contributed by atoms with van der Waals surface area (Å²) in [5, 5.41) is 0.716. The van der Waals surface area contributed by atoms with Crippen LogP contribution in [0.1, 0.15) is 18.1 Å². The van der Waals surface area contributed by atoms with Gasteiger partial charge in [0.25, 0.3) is 0 Å². The maximum atomic E-state index is 5.89. The lowest BCUT2D eigenvalue weighted by atomic mass is 10.1. The first-order chi connectivity index (χ1) is 5.61. The largest absolute Gasteiger partial charge is 0.328 e. The molecule has 0 amide bonds. The minimum atomic E-state index is 0.156. The van der Waals surface area contributed by atoms with Crippen LogP contribution in [-0.2, 0) is 6.42 Å². The van der Waals surface area contributed by atoms with E-state index in [2.05, 4.69) is 4.98 Å². The molecular weight excluding hydrogens is 172 g/mol. The molecule has 3 heteroatoms. The van der Waals surface area contributed by atoms with Gasteiger partial charge in [0, 0.05) is 18.4 Å². The third-order valence-corrected chi connectivity index (χ3v) is 2.18. The van der Waals surface area contributed by atoms with Crippen molar-refractivity contribution in [2.45, 2.75) is 26.3 Å². The van der Waals surface area contributed by atoms with Crippen molar-refractivity contribution < 1.29 is 0 Å². The monoisotopic (exact) mass is 184 g/mol. The van der Waals surface area contributed by atoms with E-state index in [0.717, 1.165) is 17.5 Å². The molecule has 0 fully saturated rings. The number of pyridine rings is 1. The number of halogens is 1. The molecule has 1 unspecified atom stereocenters. The zero-order valence-corrected chi connectivity index (χ0v) is 8.10. The van der Waals surface area contributed by atoms with Crippen molar-refractivity contribution in [1.29, 1.82) is 0 Å². The number of hydrogen-bond acceptors (Lipinski definition) is 2. The molecule has 66 valence electrons. The number of nitrogens with two attached hydrogens (primary N) is 1. The highest BCUT2D eigenvalue weighted by Crippen LogP contribution is 2.17. The molecule has 1 aromatic heterocycles. The summed E-state index contributed by atoms with van der Waals surface area (Å²) in [7, 11) is 0. The molecule has 2 nitrogen and oxygen atoms in total. The van der Waals surface area contributed by atoms with Crippen molar-refractivity contribution in [1.82, 2.24) is 4.98 Å². The zero-order chi connectivity index (χ0) is 9.14. The van der Waals surface area contributed by atoms with Crippen LogP contribution in [0, 0.1) is 6.92 Å². The first kappa shape index (κ1) is 9.49. The fourth-order valence-corrected chi connectivity index (χ4v) is 1.27. The SMILES string of the molecule is Cc1c(Cl)cncc1CC(C)N. The van der Waals surface area contributed by atoms with Gasteiger partial charge in [-0.25, -0.2) is 0 Å². The van der Waals surface area contributed by atoms with E-state index in [1.807, 2.05) is 20.0 Å². The van der Waals surface area contributed by atoms with Crippen LogP contribution in [0.2, 0.25) is 5.02 Å². The van der Waals surface area contributed by atoms with Gasteiger partial charge < -0.3 is 5.73 Å². The molecule has 2 N–H and O–H groups in total. The van der Waals surface area contributed by atoms with Gasteiger partial charge in [-0.1, -0.05) is 11.6 Å². The first-order valence-electron chi connectivity index (χ1n) is 3.96. The highest BCUT2D eigenvalue weighted by Gasteiger charge is 2.04. The Kier molecular flexibility index (Phi) is 3.06. The average molecular weight is 185 g/mol. The summed E-state index contributed by atoms with van der Waals surface area (Å²) in [6.07, 6.45) is 4.31. The highest BCUT2D eigenvalue weighted by atomic mass is 35.5. The van der Waals surface area contributed by atoms with Gasteiger partial charge in [-0.15, -0.1) is 0 Å². The smallest absolute Gasteiger partial charge is 0.0621 e. The maximum absolute atomic E-state index is 5.89. The standard InChI is InChI=1S/C9H13ClN2/c1-6(11)3-8-4-12-5-9(10)7(8)2/h4-6H,3,11H2,1-2H3. The minimum absolute atomic E-state index is 0.156. The van der Waals surface area contributed by atoms with Crippen LogP contribution in [0.15, 0.2) is 12.4 Å². The Morgan fingerprint density at radius 3 is 2.83 bits per heavy atom. The molecule has 1 atom stereocenters. The molecule has 0 radical (unpaired) electrons. The summed E-state index contributed by atoms with van der Waals surface area (Å²) < 4.78 is 0. The summed E-state index contributed by atoms with van der Waals surface area (Å²) in [5.41, 5.74) is 7.90. The Morgan fingerprint density at radius 1 is 1.58 bits per heavy atom. The Labute approximate surface area is 77.8 Å². The van der Waals surface area contributed by atoms with E-state index < -0.39 is 0 Å². The Balaban J connectivity index is 2.92. The van der Waals surface area contributed by atoms with Crippen LogP contribution in [0.25, 0.3) is 0 Å². The van der Waals surface area contributed by atoms with E-state index in [9.17, 15) is 0 Å². The first-order valence-corrected chi connectivity index (χ1v) is 4.33. The van der Waals surface area contributed by atoms with Crippen LogP contribution in [0.3, 0.4) is 0 Å². The van der Waals surface area contributed by atoms with Crippen molar-refractivity contribution in [3.63, 3.8) is 0 Å². The third kappa shape index (κ3) is 2.19. The topological polar surface area (TPSA) is 38.9 Å². The van der Waals surface area contributed by atoms with E-state index in [0.29, 0.717) is 5.02 Å². The second-order valence-electron chi connectivity index (χ2n) is 3.09. The summed E-state index contributed by atoms with van der Waals surface area (Å²) in [5.74, 6) is 0. The molecule has 0 saturated heterocycles. The summed E-state index contributed by atoms with van der Waals surface area (Å²) in [4.78, 5) is 4.01. The van der Waals surface area contributed by atoms with Gasteiger partial charge in [-0.05, 0) is 31.4 Å². The van der Waals surface area contributed by atoms with Crippen molar-refractivity contribution in [2.75, 3.05) is 0 Å². The maximum Gasteiger partial charge on any atom is 0.0621 e. The van der Waals surface area contributed by atoms with Crippen molar-refractivity contribution in [2.24, 2.45) is 5.73 Å². The van der Waals surface area contributed by atoms with Gasteiger partial charge >= 0.3 is 0 Å². The molecule has 0 aromatic carbocycles. The van der Waals surface area contributed by atoms with Gasteiger partial charge in [-0.2, -0.15) is 0 Å². The third-order valence-electron chi connectivity index (χ3n) is 1.80. The normalized spacial score (nSPS) is 13.0. The van der Waals surface area contributed by atoms with Gasteiger partial charge in [0.05, 0.1) is 5.02 Å². The van der Waals surface area contributed by atoms with Gasteiger partial charge in [0.15, 0.2) is 0 Å². The second kappa shape index (κ2) is 3.87. The molecule has 12 heavy (non-hydrogen) atoms. The number of aromatic nitrogens is 1. The van der Waals surface area contributed by atoms with Crippen molar-refractivity contribution in [3.05, 3.63) is 28.5 Å². The fourth-order valence-electron chi connectivity index (χ4n) is 1.09. The van der Waals surface area contributed by atoms with Crippen LogP contribution >= 0.6 is 11.6 Å². The van der Waals surface area contributed by atoms with Crippen LogP contribution in [-0.4, -0.2) is 11.0 Å². The van der Waals surface area contributed by atoms with E-state index in [1.54, 1.807) is 6.20 Å². The average Bonchev–Trinajstić information content (AvgIpc) is 1.98. The predicted molar refractivity (Wildman–Crippen MR) is 51.3 cm³/mol. The van der Waals surface area contributed by atoms with Gasteiger partial charge in [0.2, 0.25) is 0 Å². The van der Waals surface area contributed by atoms with E-state index in [4.69, 9.17) is 17.3 Å². The Morgan fingerprint density at radius 2 is 2.25 bits per heavy atom. The minimum Gasteiger partial charge on any atom is -0.328 e. The molecule has 1 rings (SSSR count). The number of nitrogens with zero attached hydrogens (tertiary/aromatic N) is 1. The highest BCUT2D eigenvalue weighted by molar-refractivity contribution is 6.31. The Bertz CT molecular complexity index is 271. The van der Waals surface area contributed by atoms with E-state index in [1.165, 1.54) is 0 Å².